The zero-order valence-corrected chi connectivity index (χ0v) is 10.7. The lowest BCUT2D eigenvalue weighted by Gasteiger charge is -2.19. The molecule has 1 aromatic heterocycles. The van der Waals surface area contributed by atoms with Crippen LogP contribution in [0.2, 0.25) is 0 Å². The molecule has 0 bridgehead atoms. The van der Waals surface area contributed by atoms with E-state index in [0.717, 1.165) is 13.1 Å². The molecule has 1 aliphatic rings. The Morgan fingerprint density at radius 2 is 2.22 bits per heavy atom. The highest BCUT2D eigenvalue weighted by molar-refractivity contribution is 5.82. The molecule has 0 radical (unpaired) electrons. The van der Waals surface area contributed by atoms with E-state index >= 15 is 0 Å². The second-order valence-electron chi connectivity index (χ2n) is 5.28. The van der Waals surface area contributed by atoms with Gasteiger partial charge in [-0.1, -0.05) is 12.1 Å². The highest BCUT2D eigenvalue weighted by atomic mass is 15.2. The van der Waals surface area contributed by atoms with Crippen molar-refractivity contribution in [2.45, 2.75) is 12.5 Å². The Morgan fingerprint density at radius 1 is 1.33 bits per heavy atom. The molecule has 3 nitrogen and oxygen atoms in total. The molecule has 1 saturated heterocycles. The zero-order chi connectivity index (χ0) is 12.5. The lowest BCUT2D eigenvalue weighted by molar-refractivity contribution is 0.314. The van der Waals surface area contributed by atoms with Crippen molar-refractivity contribution < 1.29 is 0 Å². The summed E-state index contributed by atoms with van der Waals surface area (Å²) in [4.78, 5) is 6.61. The van der Waals surface area contributed by atoms with Crippen LogP contribution >= 0.6 is 0 Å². The minimum atomic E-state index is 0.503. The van der Waals surface area contributed by atoms with Crippen molar-refractivity contribution >= 4 is 10.8 Å². The molecular formula is C15H19N3. The molecule has 94 valence electrons. The van der Waals surface area contributed by atoms with Gasteiger partial charge in [0.2, 0.25) is 0 Å². The van der Waals surface area contributed by atoms with Crippen LogP contribution in [0.25, 0.3) is 10.8 Å². The summed E-state index contributed by atoms with van der Waals surface area (Å²) < 4.78 is 0. The third kappa shape index (κ3) is 2.00. The van der Waals surface area contributed by atoms with E-state index in [1.165, 1.54) is 22.8 Å². The molecule has 18 heavy (non-hydrogen) atoms. The monoisotopic (exact) mass is 241 g/mol. The van der Waals surface area contributed by atoms with Gasteiger partial charge < -0.3 is 5.73 Å². The maximum atomic E-state index is 5.79. The minimum Gasteiger partial charge on any atom is -0.330 e. The summed E-state index contributed by atoms with van der Waals surface area (Å²) in [6.45, 7) is 1.89. The second kappa shape index (κ2) is 4.67. The summed E-state index contributed by atoms with van der Waals surface area (Å²) in [5.74, 6) is 0.629. The average molecular weight is 241 g/mol. The molecule has 2 atom stereocenters. The van der Waals surface area contributed by atoms with Crippen LogP contribution in [0.15, 0.2) is 36.7 Å². The van der Waals surface area contributed by atoms with Crippen molar-refractivity contribution in [3.8, 4) is 0 Å². The van der Waals surface area contributed by atoms with Crippen LogP contribution in [-0.4, -0.2) is 30.0 Å². The largest absolute Gasteiger partial charge is 0.330 e. The number of likely N-dealkylation sites (tertiary alicyclic amines) is 1. The summed E-state index contributed by atoms with van der Waals surface area (Å²) in [5, 5.41) is 2.48. The molecule has 0 aliphatic carbocycles. The van der Waals surface area contributed by atoms with Crippen LogP contribution in [0.4, 0.5) is 0 Å². The second-order valence-corrected chi connectivity index (χ2v) is 5.28. The molecule has 2 heterocycles. The van der Waals surface area contributed by atoms with Crippen LogP contribution in [-0.2, 0) is 0 Å². The van der Waals surface area contributed by atoms with Gasteiger partial charge in [-0.05, 0) is 49.0 Å². The number of benzene rings is 1. The van der Waals surface area contributed by atoms with Gasteiger partial charge in [-0.3, -0.25) is 9.88 Å². The normalized spacial score (nSPS) is 24.8. The number of pyridine rings is 1. The smallest absolute Gasteiger partial charge is 0.0349 e. The highest BCUT2D eigenvalue weighted by Crippen LogP contribution is 2.34. The third-order valence-corrected chi connectivity index (χ3v) is 4.02. The molecule has 0 amide bonds. The molecule has 2 unspecified atom stereocenters. The van der Waals surface area contributed by atoms with Crippen molar-refractivity contribution in [1.82, 2.24) is 9.88 Å². The number of fused-ring (bicyclic) bond motifs is 1. The van der Waals surface area contributed by atoms with E-state index in [4.69, 9.17) is 5.73 Å². The van der Waals surface area contributed by atoms with E-state index in [1.54, 1.807) is 0 Å². The zero-order valence-electron chi connectivity index (χ0n) is 10.7. The van der Waals surface area contributed by atoms with Crippen molar-refractivity contribution in [2.24, 2.45) is 11.7 Å². The fourth-order valence-corrected chi connectivity index (χ4v) is 2.98. The molecule has 3 rings (SSSR count). The fraction of sp³-hybridized carbons (Fsp3) is 0.400. The quantitative estimate of drug-likeness (QED) is 0.876. The molecule has 0 saturated carbocycles. The first kappa shape index (κ1) is 11.6. The molecule has 2 N–H and O–H groups in total. The fourth-order valence-electron chi connectivity index (χ4n) is 2.98. The van der Waals surface area contributed by atoms with Crippen LogP contribution in [0.1, 0.15) is 18.0 Å². The van der Waals surface area contributed by atoms with Crippen molar-refractivity contribution in [3.63, 3.8) is 0 Å². The number of nitrogens with zero attached hydrogens (tertiary/aromatic N) is 2. The SMILES string of the molecule is CN1CC(CN)CC1c1ccc2ccncc2c1. The minimum absolute atomic E-state index is 0.503. The first-order valence-electron chi connectivity index (χ1n) is 6.52. The van der Waals surface area contributed by atoms with Crippen LogP contribution in [0.5, 0.6) is 0 Å². The molecule has 2 aromatic rings. The molecule has 1 aromatic carbocycles. The molecular weight excluding hydrogens is 222 g/mol. The number of aromatic nitrogens is 1. The number of hydrogen-bond acceptors (Lipinski definition) is 3. The third-order valence-electron chi connectivity index (χ3n) is 4.02. The lowest BCUT2D eigenvalue weighted by atomic mass is 9.98. The van der Waals surface area contributed by atoms with E-state index in [1.807, 2.05) is 12.4 Å². The van der Waals surface area contributed by atoms with Gasteiger partial charge in [-0.25, -0.2) is 0 Å². The summed E-state index contributed by atoms with van der Waals surface area (Å²) >= 11 is 0. The summed E-state index contributed by atoms with van der Waals surface area (Å²) in [6, 6.07) is 9.25. The first-order valence-corrected chi connectivity index (χ1v) is 6.52. The van der Waals surface area contributed by atoms with Gasteiger partial charge in [0.05, 0.1) is 0 Å². The van der Waals surface area contributed by atoms with Gasteiger partial charge in [-0.2, -0.15) is 0 Å². The van der Waals surface area contributed by atoms with E-state index in [0.29, 0.717) is 12.0 Å². The van der Waals surface area contributed by atoms with Crippen molar-refractivity contribution in [2.75, 3.05) is 20.1 Å². The van der Waals surface area contributed by atoms with Gasteiger partial charge in [0, 0.05) is 30.4 Å². The van der Waals surface area contributed by atoms with Crippen LogP contribution < -0.4 is 5.73 Å². The van der Waals surface area contributed by atoms with E-state index in [2.05, 4.69) is 41.2 Å². The van der Waals surface area contributed by atoms with E-state index in [9.17, 15) is 0 Å². The summed E-state index contributed by atoms with van der Waals surface area (Å²) in [6.07, 6.45) is 4.95. The topological polar surface area (TPSA) is 42.1 Å². The Kier molecular flexibility index (Phi) is 3.02. The Morgan fingerprint density at radius 3 is 3.00 bits per heavy atom. The highest BCUT2D eigenvalue weighted by Gasteiger charge is 2.29. The van der Waals surface area contributed by atoms with Gasteiger partial charge >= 0.3 is 0 Å². The number of hydrogen-bond donors (Lipinski definition) is 1. The maximum absolute atomic E-state index is 5.79. The Balaban J connectivity index is 1.94. The van der Waals surface area contributed by atoms with Gasteiger partial charge in [-0.15, -0.1) is 0 Å². The van der Waals surface area contributed by atoms with Gasteiger partial charge in [0.15, 0.2) is 0 Å². The Bertz CT molecular complexity index is 552. The van der Waals surface area contributed by atoms with Gasteiger partial charge in [0.1, 0.15) is 0 Å². The molecule has 3 heteroatoms. The maximum Gasteiger partial charge on any atom is 0.0349 e. The summed E-state index contributed by atoms with van der Waals surface area (Å²) in [5.41, 5.74) is 7.17. The molecule has 0 spiro atoms. The Labute approximate surface area is 108 Å². The average Bonchev–Trinajstić information content (AvgIpc) is 2.79. The first-order chi connectivity index (χ1) is 8.78. The van der Waals surface area contributed by atoms with Crippen LogP contribution in [0.3, 0.4) is 0 Å². The summed E-state index contributed by atoms with van der Waals surface area (Å²) in [7, 11) is 2.19. The van der Waals surface area contributed by atoms with Crippen LogP contribution in [0, 0.1) is 5.92 Å². The van der Waals surface area contributed by atoms with Gasteiger partial charge in [0.25, 0.3) is 0 Å². The standard InChI is InChI=1S/C15H19N3/c1-18-10-11(8-16)6-15(18)13-3-2-12-4-5-17-9-14(12)7-13/h2-5,7,9,11,15H,6,8,10,16H2,1H3. The predicted octanol–water partition coefficient (Wildman–Crippen LogP) is 2.19. The molecule has 1 aliphatic heterocycles. The van der Waals surface area contributed by atoms with E-state index < -0.39 is 0 Å². The number of nitrogens with two attached hydrogens (primary N) is 1. The predicted molar refractivity (Wildman–Crippen MR) is 74.3 cm³/mol. The van der Waals surface area contributed by atoms with E-state index in [-0.39, 0.29) is 0 Å². The van der Waals surface area contributed by atoms with Crippen molar-refractivity contribution in [1.29, 1.82) is 0 Å². The molecule has 1 fully saturated rings. The number of rotatable bonds is 2. The Hall–Kier alpha value is -1.45. The van der Waals surface area contributed by atoms with Crippen molar-refractivity contribution in [3.05, 3.63) is 42.2 Å². The lowest BCUT2D eigenvalue weighted by Crippen LogP contribution is -2.20.